The molecule has 1 spiro atoms. The Kier molecular flexibility index (Phi) is 3.72. The van der Waals surface area contributed by atoms with Crippen molar-refractivity contribution in [3.05, 3.63) is 58.9 Å². The third-order valence-corrected chi connectivity index (χ3v) is 6.67. The molecule has 1 saturated heterocycles. The molecule has 136 valence electrons. The van der Waals surface area contributed by atoms with Gasteiger partial charge in [0, 0.05) is 19.6 Å². The smallest absolute Gasteiger partial charge is 0.274 e. The highest BCUT2D eigenvalue weighted by molar-refractivity contribution is 7.17. The van der Waals surface area contributed by atoms with Crippen molar-refractivity contribution in [3.63, 3.8) is 0 Å². The van der Waals surface area contributed by atoms with Crippen LogP contribution in [0.25, 0.3) is 10.2 Å². The summed E-state index contributed by atoms with van der Waals surface area (Å²) in [5.41, 5.74) is 3.01. The van der Waals surface area contributed by atoms with E-state index in [0.29, 0.717) is 38.2 Å². The maximum absolute atomic E-state index is 13.1. The van der Waals surface area contributed by atoms with Gasteiger partial charge in [0.25, 0.3) is 5.91 Å². The van der Waals surface area contributed by atoms with Crippen molar-refractivity contribution in [3.8, 4) is 0 Å². The summed E-state index contributed by atoms with van der Waals surface area (Å²) in [5, 5.41) is 4.96. The average Bonchev–Trinajstić information content (AvgIpc) is 3.20. The number of rotatable bonds is 1. The lowest BCUT2D eigenvalue weighted by atomic mass is 9.68. The number of piperidine rings is 1. The lowest BCUT2D eigenvalue weighted by molar-refractivity contribution is -0.129. The monoisotopic (exact) mass is 378 g/mol. The van der Waals surface area contributed by atoms with Gasteiger partial charge < -0.3 is 10.2 Å². The third kappa shape index (κ3) is 2.45. The van der Waals surface area contributed by atoms with Crippen molar-refractivity contribution in [2.24, 2.45) is 0 Å². The molecule has 2 aliphatic rings. The number of aromatic nitrogens is 2. The Morgan fingerprint density at radius 2 is 1.96 bits per heavy atom. The van der Waals surface area contributed by atoms with Crippen LogP contribution >= 0.6 is 11.3 Å². The Hall–Kier alpha value is -2.80. The van der Waals surface area contributed by atoms with Crippen molar-refractivity contribution >= 4 is 33.4 Å². The van der Waals surface area contributed by atoms with Gasteiger partial charge in [-0.1, -0.05) is 24.3 Å². The Balaban J connectivity index is 1.43. The Morgan fingerprint density at radius 3 is 2.81 bits per heavy atom. The first-order valence-electron chi connectivity index (χ1n) is 9.03. The highest BCUT2D eigenvalue weighted by Gasteiger charge is 2.46. The molecule has 1 N–H and O–H groups in total. The van der Waals surface area contributed by atoms with Crippen LogP contribution in [0.15, 0.2) is 42.0 Å². The number of hydrogen-bond donors (Lipinski definition) is 1. The molecule has 0 unspecified atom stereocenters. The molecule has 0 bridgehead atoms. The lowest BCUT2D eigenvalue weighted by Crippen LogP contribution is -2.55. The summed E-state index contributed by atoms with van der Waals surface area (Å²) in [6, 6.07) is 10.0. The summed E-state index contributed by atoms with van der Waals surface area (Å²) in [6.45, 7) is 1.66. The molecule has 7 heteroatoms. The molecular formula is C20H18N4O2S. The Labute approximate surface area is 160 Å². The van der Waals surface area contributed by atoms with Crippen LogP contribution in [0.3, 0.4) is 0 Å². The molecule has 27 heavy (non-hydrogen) atoms. The fourth-order valence-corrected chi connectivity index (χ4v) is 5.11. The van der Waals surface area contributed by atoms with Gasteiger partial charge in [-0.3, -0.25) is 9.59 Å². The molecule has 4 heterocycles. The van der Waals surface area contributed by atoms with Gasteiger partial charge in [-0.25, -0.2) is 9.97 Å². The summed E-state index contributed by atoms with van der Waals surface area (Å²) in [7, 11) is 0. The minimum atomic E-state index is -0.532. The number of nitrogens with one attached hydrogen (secondary N) is 1. The Morgan fingerprint density at radius 1 is 1.15 bits per heavy atom. The van der Waals surface area contributed by atoms with Crippen LogP contribution in [-0.2, 0) is 16.8 Å². The van der Waals surface area contributed by atoms with Gasteiger partial charge in [0.2, 0.25) is 5.91 Å². The van der Waals surface area contributed by atoms with E-state index in [9.17, 15) is 9.59 Å². The predicted octanol–water partition coefficient (Wildman–Crippen LogP) is 2.50. The van der Waals surface area contributed by atoms with Gasteiger partial charge in [0.15, 0.2) is 0 Å². The standard InChI is InChI=1S/C20H18N4O2S/c25-18(16-17-15(5-10-27-17)22-12-23-16)24-8-6-20(7-9-24)14-4-2-1-3-13(14)11-21-19(20)26/h1-5,10,12H,6-9,11H2,(H,21,26). The van der Waals surface area contributed by atoms with Crippen molar-refractivity contribution in [1.82, 2.24) is 20.2 Å². The molecule has 0 atom stereocenters. The molecule has 2 aromatic heterocycles. The van der Waals surface area contributed by atoms with Crippen LogP contribution in [0, 0.1) is 0 Å². The molecule has 2 amide bonds. The summed E-state index contributed by atoms with van der Waals surface area (Å²) >= 11 is 1.48. The molecule has 0 radical (unpaired) electrons. The fourth-order valence-electron chi connectivity index (χ4n) is 4.29. The first kappa shape index (κ1) is 16.4. The molecule has 6 nitrogen and oxygen atoms in total. The van der Waals surface area contributed by atoms with Crippen molar-refractivity contribution in [2.45, 2.75) is 24.8 Å². The summed E-state index contributed by atoms with van der Waals surface area (Å²) in [5.74, 6) is 0.000171. The normalized spacial score (nSPS) is 18.4. The summed E-state index contributed by atoms with van der Waals surface area (Å²) in [6.07, 6.45) is 2.69. The topological polar surface area (TPSA) is 75.2 Å². The number of carbonyl (C=O) groups is 2. The molecule has 0 saturated carbocycles. The third-order valence-electron chi connectivity index (χ3n) is 5.76. The maximum atomic E-state index is 13.1. The van der Waals surface area contributed by atoms with E-state index in [1.54, 1.807) is 0 Å². The highest BCUT2D eigenvalue weighted by atomic mass is 32.1. The molecular weight excluding hydrogens is 360 g/mol. The second-order valence-corrected chi connectivity index (χ2v) is 7.99. The molecule has 0 aliphatic carbocycles. The largest absolute Gasteiger partial charge is 0.351 e. The molecule has 1 aromatic carbocycles. The maximum Gasteiger partial charge on any atom is 0.274 e. The lowest BCUT2D eigenvalue weighted by Gasteiger charge is -2.44. The van der Waals surface area contributed by atoms with Gasteiger partial charge in [0.05, 0.1) is 15.6 Å². The minimum Gasteiger partial charge on any atom is -0.351 e. The molecule has 2 aliphatic heterocycles. The zero-order valence-corrected chi connectivity index (χ0v) is 15.5. The van der Waals surface area contributed by atoms with E-state index in [4.69, 9.17) is 0 Å². The van der Waals surface area contributed by atoms with Crippen LogP contribution in [0.1, 0.15) is 34.5 Å². The van der Waals surface area contributed by atoms with E-state index >= 15 is 0 Å². The number of carbonyl (C=O) groups excluding carboxylic acids is 2. The van der Waals surface area contributed by atoms with Gasteiger partial charge in [0.1, 0.15) is 12.0 Å². The van der Waals surface area contributed by atoms with E-state index in [1.165, 1.54) is 23.2 Å². The van der Waals surface area contributed by atoms with E-state index in [1.807, 2.05) is 28.5 Å². The zero-order valence-electron chi connectivity index (χ0n) is 14.6. The van der Waals surface area contributed by atoms with E-state index in [2.05, 4.69) is 27.4 Å². The summed E-state index contributed by atoms with van der Waals surface area (Å²) < 4.78 is 0.823. The van der Waals surface area contributed by atoms with Crippen molar-refractivity contribution in [1.29, 1.82) is 0 Å². The first-order valence-corrected chi connectivity index (χ1v) is 9.91. The number of fused-ring (bicyclic) bond motifs is 3. The van der Waals surface area contributed by atoms with Gasteiger partial charge in [-0.2, -0.15) is 0 Å². The molecule has 1 fully saturated rings. The van der Waals surface area contributed by atoms with Crippen LogP contribution in [-0.4, -0.2) is 39.8 Å². The number of amides is 2. The van der Waals surface area contributed by atoms with Crippen LogP contribution in [0.5, 0.6) is 0 Å². The van der Waals surface area contributed by atoms with Crippen molar-refractivity contribution in [2.75, 3.05) is 13.1 Å². The van der Waals surface area contributed by atoms with Crippen LogP contribution < -0.4 is 5.32 Å². The van der Waals surface area contributed by atoms with Crippen molar-refractivity contribution < 1.29 is 9.59 Å². The average molecular weight is 378 g/mol. The second-order valence-electron chi connectivity index (χ2n) is 7.07. The number of benzene rings is 1. The van der Waals surface area contributed by atoms with Gasteiger partial charge >= 0.3 is 0 Å². The van der Waals surface area contributed by atoms with Crippen LogP contribution in [0.4, 0.5) is 0 Å². The SMILES string of the molecule is O=C(c1ncnc2ccsc12)N1CCC2(CC1)C(=O)NCc1ccccc12. The van der Waals surface area contributed by atoms with E-state index in [0.717, 1.165) is 15.8 Å². The Bertz CT molecular complexity index is 1050. The molecule has 5 rings (SSSR count). The quantitative estimate of drug-likeness (QED) is 0.706. The zero-order chi connectivity index (χ0) is 18.4. The number of likely N-dealkylation sites (tertiary alicyclic amines) is 1. The predicted molar refractivity (Wildman–Crippen MR) is 103 cm³/mol. The minimum absolute atomic E-state index is 0.0794. The fraction of sp³-hybridized carbons (Fsp3) is 0.300. The first-order chi connectivity index (χ1) is 13.2. The van der Waals surface area contributed by atoms with Gasteiger partial charge in [-0.05, 0) is 35.4 Å². The van der Waals surface area contributed by atoms with Gasteiger partial charge in [-0.15, -0.1) is 11.3 Å². The van der Waals surface area contributed by atoms with E-state index < -0.39 is 5.41 Å². The number of thiophene rings is 1. The summed E-state index contributed by atoms with van der Waals surface area (Å²) in [4.78, 5) is 36.1. The molecule has 3 aromatic rings. The van der Waals surface area contributed by atoms with Crippen LogP contribution in [0.2, 0.25) is 0 Å². The number of hydrogen-bond acceptors (Lipinski definition) is 5. The highest BCUT2D eigenvalue weighted by Crippen LogP contribution is 2.40. The van der Waals surface area contributed by atoms with E-state index in [-0.39, 0.29) is 11.8 Å². The second kappa shape index (κ2) is 6.13. The number of nitrogens with zero attached hydrogens (tertiary/aromatic N) is 3.